The summed E-state index contributed by atoms with van der Waals surface area (Å²) in [6.07, 6.45) is 0.459. The molecular weight excluding hydrogens is 341 g/mol. The van der Waals surface area contributed by atoms with Gasteiger partial charge in [-0.25, -0.2) is 4.79 Å². The largest absolute Gasteiger partial charge is 0.466 e. The lowest BCUT2D eigenvalue weighted by Gasteiger charge is -2.06. The SMILES string of the molecule is CCOC(=O)CCc1c(C(=O)OCC)[nH]c2cc(Cl)cc(Cl)c12. The topological polar surface area (TPSA) is 68.4 Å². The van der Waals surface area contributed by atoms with Crippen molar-refractivity contribution in [3.05, 3.63) is 33.4 Å². The van der Waals surface area contributed by atoms with Gasteiger partial charge in [-0.05, 0) is 38.0 Å². The van der Waals surface area contributed by atoms with Crippen molar-refractivity contribution in [3.63, 3.8) is 0 Å². The molecule has 2 rings (SSSR count). The van der Waals surface area contributed by atoms with Gasteiger partial charge in [-0.3, -0.25) is 4.79 Å². The van der Waals surface area contributed by atoms with Crippen molar-refractivity contribution < 1.29 is 19.1 Å². The maximum Gasteiger partial charge on any atom is 0.355 e. The second-order valence-corrected chi connectivity index (χ2v) is 5.66. The van der Waals surface area contributed by atoms with Crippen LogP contribution in [0.25, 0.3) is 10.9 Å². The summed E-state index contributed by atoms with van der Waals surface area (Å²) in [5, 5.41) is 1.54. The van der Waals surface area contributed by atoms with Gasteiger partial charge in [-0.15, -0.1) is 0 Å². The van der Waals surface area contributed by atoms with E-state index in [1.807, 2.05) is 0 Å². The van der Waals surface area contributed by atoms with Crippen LogP contribution in [0.1, 0.15) is 36.3 Å². The fraction of sp³-hybridized carbons (Fsp3) is 0.375. The molecule has 0 saturated carbocycles. The van der Waals surface area contributed by atoms with E-state index in [4.69, 9.17) is 32.7 Å². The molecule has 0 unspecified atom stereocenters. The quantitative estimate of drug-likeness (QED) is 0.788. The Morgan fingerprint density at radius 2 is 1.83 bits per heavy atom. The minimum Gasteiger partial charge on any atom is -0.466 e. The highest BCUT2D eigenvalue weighted by atomic mass is 35.5. The van der Waals surface area contributed by atoms with E-state index in [-0.39, 0.29) is 24.7 Å². The molecule has 0 spiro atoms. The minimum atomic E-state index is -0.491. The highest BCUT2D eigenvalue weighted by Gasteiger charge is 2.21. The standard InChI is InChI=1S/C16H17Cl2NO4/c1-3-22-13(20)6-5-10-14-11(18)7-9(17)8-12(14)19-15(10)16(21)23-4-2/h7-8,19H,3-6H2,1-2H3. The number of aromatic amines is 1. The maximum atomic E-state index is 12.2. The summed E-state index contributed by atoms with van der Waals surface area (Å²) < 4.78 is 9.99. The number of hydrogen-bond donors (Lipinski definition) is 1. The summed E-state index contributed by atoms with van der Waals surface area (Å²) in [5.41, 5.74) is 1.55. The number of ether oxygens (including phenoxy) is 2. The summed E-state index contributed by atoms with van der Waals surface area (Å²) in [6, 6.07) is 3.28. The van der Waals surface area contributed by atoms with Gasteiger partial charge in [0.25, 0.3) is 0 Å². The van der Waals surface area contributed by atoms with E-state index in [1.165, 1.54) is 0 Å². The molecule has 0 saturated heterocycles. The monoisotopic (exact) mass is 357 g/mol. The van der Waals surface area contributed by atoms with Gasteiger partial charge in [0.2, 0.25) is 0 Å². The van der Waals surface area contributed by atoms with Crippen LogP contribution in [0, 0.1) is 0 Å². The van der Waals surface area contributed by atoms with Gasteiger partial charge < -0.3 is 14.5 Å². The lowest BCUT2D eigenvalue weighted by Crippen LogP contribution is -2.10. The van der Waals surface area contributed by atoms with Crippen LogP contribution in [0.15, 0.2) is 12.1 Å². The Labute approximate surface area is 143 Å². The highest BCUT2D eigenvalue weighted by Crippen LogP contribution is 2.33. The third kappa shape index (κ3) is 3.98. The Morgan fingerprint density at radius 3 is 2.48 bits per heavy atom. The second-order valence-electron chi connectivity index (χ2n) is 4.81. The molecule has 23 heavy (non-hydrogen) atoms. The van der Waals surface area contributed by atoms with Crippen molar-refractivity contribution in [1.29, 1.82) is 0 Å². The molecule has 2 aromatic rings. The Morgan fingerprint density at radius 1 is 1.13 bits per heavy atom. The van der Waals surface area contributed by atoms with Crippen LogP contribution in [0.4, 0.5) is 0 Å². The van der Waals surface area contributed by atoms with Crippen molar-refractivity contribution in [2.45, 2.75) is 26.7 Å². The first-order valence-corrected chi connectivity index (χ1v) is 8.05. The zero-order chi connectivity index (χ0) is 17.0. The molecule has 5 nitrogen and oxygen atoms in total. The summed E-state index contributed by atoms with van der Waals surface area (Å²) >= 11 is 12.3. The number of H-pyrrole nitrogens is 1. The number of esters is 2. The number of carbonyl (C=O) groups is 2. The molecule has 0 aliphatic heterocycles. The van der Waals surface area contributed by atoms with Crippen molar-refractivity contribution in [1.82, 2.24) is 4.98 Å². The van der Waals surface area contributed by atoms with Crippen LogP contribution in [0.2, 0.25) is 10.0 Å². The lowest BCUT2D eigenvalue weighted by molar-refractivity contribution is -0.143. The molecule has 1 aromatic carbocycles. The van der Waals surface area contributed by atoms with E-state index < -0.39 is 5.97 Å². The Balaban J connectivity index is 2.46. The molecule has 1 heterocycles. The maximum absolute atomic E-state index is 12.2. The smallest absolute Gasteiger partial charge is 0.355 e. The molecule has 0 bridgehead atoms. The van der Waals surface area contributed by atoms with Crippen LogP contribution in [0.3, 0.4) is 0 Å². The molecule has 7 heteroatoms. The molecule has 0 amide bonds. The van der Waals surface area contributed by atoms with Gasteiger partial charge in [0.05, 0.1) is 18.2 Å². The van der Waals surface area contributed by atoms with E-state index in [1.54, 1.807) is 26.0 Å². The Hall–Kier alpha value is -1.72. The lowest BCUT2D eigenvalue weighted by atomic mass is 10.1. The van der Waals surface area contributed by atoms with Crippen molar-refractivity contribution in [3.8, 4) is 0 Å². The van der Waals surface area contributed by atoms with Crippen LogP contribution < -0.4 is 0 Å². The van der Waals surface area contributed by atoms with E-state index in [9.17, 15) is 9.59 Å². The van der Waals surface area contributed by atoms with Gasteiger partial charge in [-0.2, -0.15) is 0 Å². The molecule has 1 N–H and O–H groups in total. The average molecular weight is 358 g/mol. The minimum absolute atomic E-state index is 0.145. The first-order valence-electron chi connectivity index (χ1n) is 7.30. The first kappa shape index (κ1) is 17.6. The molecule has 1 aromatic heterocycles. The van der Waals surface area contributed by atoms with Gasteiger partial charge >= 0.3 is 11.9 Å². The van der Waals surface area contributed by atoms with E-state index >= 15 is 0 Å². The van der Waals surface area contributed by atoms with Crippen LogP contribution in [-0.2, 0) is 20.7 Å². The van der Waals surface area contributed by atoms with Crippen LogP contribution in [0.5, 0.6) is 0 Å². The molecule has 0 aliphatic carbocycles. The fourth-order valence-corrected chi connectivity index (χ4v) is 3.01. The van der Waals surface area contributed by atoms with E-state index in [0.717, 1.165) is 0 Å². The van der Waals surface area contributed by atoms with E-state index in [0.29, 0.717) is 39.5 Å². The van der Waals surface area contributed by atoms with Gasteiger partial charge in [0.1, 0.15) is 5.69 Å². The number of carbonyl (C=O) groups excluding carboxylic acids is 2. The number of hydrogen-bond acceptors (Lipinski definition) is 4. The molecule has 124 valence electrons. The molecule has 0 radical (unpaired) electrons. The van der Waals surface area contributed by atoms with Crippen molar-refractivity contribution in [2.24, 2.45) is 0 Å². The summed E-state index contributed by atoms with van der Waals surface area (Å²) in [6.45, 7) is 4.03. The van der Waals surface area contributed by atoms with Gasteiger partial charge in [0.15, 0.2) is 0 Å². The first-order chi connectivity index (χ1) is 11.0. The van der Waals surface area contributed by atoms with Crippen LogP contribution >= 0.6 is 23.2 Å². The molecule has 0 fully saturated rings. The molecule has 0 aliphatic rings. The summed E-state index contributed by atoms with van der Waals surface area (Å²) in [7, 11) is 0. The highest BCUT2D eigenvalue weighted by molar-refractivity contribution is 6.39. The number of halogens is 2. The van der Waals surface area contributed by atoms with Gasteiger partial charge in [0, 0.05) is 22.3 Å². The molecule has 0 atom stereocenters. The zero-order valence-electron chi connectivity index (χ0n) is 12.9. The Kier molecular flexibility index (Phi) is 5.91. The van der Waals surface area contributed by atoms with E-state index in [2.05, 4.69) is 4.98 Å². The predicted octanol–water partition coefficient (Wildman–Crippen LogP) is 4.15. The number of aromatic nitrogens is 1. The molecular formula is C16H17Cl2NO4. The second kappa shape index (κ2) is 7.70. The normalized spacial score (nSPS) is 10.8. The number of rotatable bonds is 6. The number of nitrogens with one attached hydrogen (secondary N) is 1. The van der Waals surface area contributed by atoms with Crippen molar-refractivity contribution >= 4 is 46.0 Å². The zero-order valence-corrected chi connectivity index (χ0v) is 14.4. The number of fused-ring (bicyclic) bond motifs is 1. The van der Waals surface area contributed by atoms with Crippen LogP contribution in [-0.4, -0.2) is 30.1 Å². The third-order valence-electron chi connectivity index (χ3n) is 3.28. The van der Waals surface area contributed by atoms with Gasteiger partial charge in [-0.1, -0.05) is 23.2 Å². The predicted molar refractivity (Wildman–Crippen MR) is 89.2 cm³/mol. The fourth-order valence-electron chi connectivity index (χ4n) is 2.40. The van der Waals surface area contributed by atoms with Crippen molar-refractivity contribution in [2.75, 3.05) is 13.2 Å². The summed E-state index contributed by atoms with van der Waals surface area (Å²) in [4.78, 5) is 26.8. The number of aryl methyl sites for hydroxylation is 1. The summed E-state index contributed by atoms with van der Waals surface area (Å²) in [5.74, 6) is -0.823. The average Bonchev–Trinajstić information content (AvgIpc) is 2.84. The Bertz CT molecular complexity index is 739. The number of benzene rings is 1. The third-order valence-corrected chi connectivity index (χ3v) is 3.80.